The molecule has 0 bridgehead atoms. The molecule has 24 heavy (non-hydrogen) atoms. The van der Waals surface area contributed by atoms with Crippen LogP contribution in [0.2, 0.25) is 0 Å². The molecule has 0 saturated carbocycles. The zero-order valence-electron chi connectivity index (χ0n) is 15.7. The lowest BCUT2D eigenvalue weighted by Crippen LogP contribution is -2.05. The van der Waals surface area contributed by atoms with Gasteiger partial charge < -0.3 is 5.11 Å². The molecule has 0 aliphatic rings. The molecule has 0 amide bonds. The molecule has 1 unspecified atom stereocenters. The third-order valence-corrected chi connectivity index (χ3v) is 4.12. The Morgan fingerprint density at radius 2 is 1.29 bits per heavy atom. The minimum absolute atomic E-state index is 0.120. The van der Waals surface area contributed by atoms with Crippen LogP contribution in [0.15, 0.2) is 48.5 Å². The van der Waals surface area contributed by atoms with E-state index in [-0.39, 0.29) is 11.8 Å². The van der Waals surface area contributed by atoms with Crippen LogP contribution in [0.25, 0.3) is 11.1 Å². The number of hydrogen-bond acceptors (Lipinski definition) is 1. The maximum Gasteiger partial charge on any atom is 0.0431 e. The molecule has 0 fully saturated rings. The molecule has 0 heterocycles. The number of aryl methyl sites for hydroxylation is 1. The summed E-state index contributed by atoms with van der Waals surface area (Å²) in [5.74, 6) is 0. The summed E-state index contributed by atoms with van der Waals surface area (Å²) in [6.07, 6.45) is 4.23. The molecule has 0 spiro atoms. The van der Waals surface area contributed by atoms with E-state index in [1.165, 1.54) is 28.7 Å². The number of benzene rings is 2. The number of hydrogen-bond donors (Lipinski definition) is 1. The van der Waals surface area contributed by atoms with Crippen LogP contribution in [-0.4, -0.2) is 11.7 Å². The molecule has 0 aliphatic heterocycles. The predicted octanol–water partition coefficient (Wildman–Crippen LogP) is 6.20. The van der Waals surface area contributed by atoms with Gasteiger partial charge in [0, 0.05) is 11.8 Å². The number of aliphatic hydroxyl groups excluding tert-OH is 1. The Bertz CT molecular complexity index is 564. The monoisotopic (exact) mass is 344 g/mol. The van der Waals surface area contributed by atoms with E-state index in [0.29, 0.717) is 0 Å². The second-order valence-electron chi connectivity index (χ2n) is 6.88. The lowest BCUT2D eigenvalue weighted by atomic mass is 9.97. The van der Waals surface area contributed by atoms with Crippen LogP contribution in [-0.2, 0) is 11.6 Å². The number of aliphatic hydroxyl groups is 1. The Kier molecular flexibility index (Phi) is 9.26. The zero-order chi connectivity index (χ0) is 18.0. The fourth-order valence-electron chi connectivity index (χ4n) is 2.40. The maximum absolute atomic E-state index is 8.82. The lowest BCUT2D eigenvalue weighted by Gasteiger charge is -2.19. The van der Waals surface area contributed by atoms with Crippen LogP contribution in [0.3, 0.4) is 0 Å². The lowest BCUT2D eigenvalue weighted by molar-refractivity contribution is 0.284. The molecular weight excluding hydrogens is 311 g/mol. The average molecular weight is 344 g/mol. The first-order valence-corrected chi connectivity index (χ1v) is 9.59. The normalized spacial score (nSPS) is 10.9. The Morgan fingerprint density at radius 3 is 1.71 bits per heavy atom. The van der Waals surface area contributed by atoms with Gasteiger partial charge in [0.1, 0.15) is 0 Å². The van der Waals surface area contributed by atoms with E-state index >= 15 is 0 Å². The van der Waals surface area contributed by atoms with Crippen molar-refractivity contribution < 1.29 is 5.11 Å². The third kappa shape index (κ3) is 7.16. The summed E-state index contributed by atoms with van der Waals surface area (Å²) in [6.45, 7) is 8.94. The molecule has 2 aromatic carbocycles. The van der Waals surface area contributed by atoms with Crippen molar-refractivity contribution in [2.45, 2.75) is 58.5 Å². The summed E-state index contributed by atoms with van der Waals surface area (Å²) in [6, 6.07) is 17.6. The van der Waals surface area contributed by atoms with Crippen molar-refractivity contribution in [2.24, 2.45) is 0 Å². The van der Waals surface area contributed by atoms with E-state index < -0.39 is 0 Å². The quantitative estimate of drug-likeness (QED) is 0.489. The molecule has 2 heteroatoms. The minimum atomic E-state index is 0.120. The molecule has 1 atom stereocenters. The molecule has 132 valence electrons. The molecule has 0 radical (unpaired) electrons. The molecule has 0 saturated heterocycles. The summed E-state index contributed by atoms with van der Waals surface area (Å²) >= 11 is 0. The van der Waals surface area contributed by atoms with Crippen molar-refractivity contribution in [3.63, 3.8) is 0 Å². The number of rotatable bonds is 6. The summed E-state index contributed by atoms with van der Waals surface area (Å²) < 4.78 is 0. The van der Waals surface area contributed by atoms with Crippen LogP contribution < -0.4 is 0 Å². The second-order valence-corrected chi connectivity index (χ2v) is 8.33. The molecule has 1 N–H and O–H groups in total. The van der Waals surface area contributed by atoms with Crippen molar-refractivity contribution in [1.29, 1.82) is 0 Å². The second kappa shape index (κ2) is 10.6. The summed E-state index contributed by atoms with van der Waals surface area (Å²) in [7, 11) is 2.88. The van der Waals surface area contributed by atoms with Crippen LogP contribution in [0.5, 0.6) is 0 Å². The highest BCUT2D eigenvalue weighted by Gasteiger charge is 2.13. The van der Waals surface area contributed by atoms with Gasteiger partial charge in [-0.25, -0.2) is 0 Å². The molecular formula is C22H33OP. The van der Waals surface area contributed by atoms with Crippen molar-refractivity contribution in [1.82, 2.24) is 0 Å². The van der Waals surface area contributed by atoms with Crippen molar-refractivity contribution in [2.75, 3.05) is 6.61 Å². The van der Waals surface area contributed by atoms with E-state index in [1.54, 1.807) is 0 Å². The standard InChI is InChI=1S/C19H25OP.C3H8/c1-19(2,21)18-12-10-17(11-13-18)16-8-6-15(7-9-16)5-3-4-14-20;1-3-2/h6-13,20H,3-5,14,21H2,1-2H3;3H2,1-2H3. The van der Waals surface area contributed by atoms with E-state index in [9.17, 15) is 0 Å². The van der Waals surface area contributed by atoms with Gasteiger partial charge in [-0.1, -0.05) is 82.6 Å². The Labute approximate surface area is 150 Å². The smallest absolute Gasteiger partial charge is 0.0431 e. The average Bonchev–Trinajstić information content (AvgIpc) is 2.56. The Balaban J connectivity index is 0.000000891. The SMILES string of the molecule is CC(C)(P)c1ccc(-c2ccc(CCCCO)cc2)cc1.CCC. The van der Waals surface area contributed by atoms with E-state index in [0.717, 1.165) is 19.3 Å². The molecule has 2 aromatic rings. The highest BCUT2D eigenvalue weighted by molar-refractivity contribution is 7.18. The molecule has 0 aliphatic carbocycles. The predicted molar refractivity (Wildman–Crippen MR) is 111 cm³/mol. The first-order chi connectivity index (χ1) is 11.4. The minimum Gasteiger partial charge on any atom is -0.396 e. The van der Waals surface area contributed by atoms with E-state index in [2.05, 4.69) is 85.5 Å². The van der Waals surface area contributed by atoms with Crippen molar-refractivity contribution in [3.05, 3.63) is 59.7 Å². The van der Waals surface area contributed by atoms with Crippen LogP contribution in [0, 0.1) is 0 Å². The van der Waals surface area contributed by atoms with Crippen molar-refractivity contribution in [3.8, 4) is 11.1 Å². The van der Waals surface area contributed by atoms with Gasteiger partial charge in [-0.15, -0.1) is 9.24 Å². The highest BCUT2D eigenvalue weighted by atomic mass is 31.0. The van der Waals surface area contributed by atoms with Gasteiger partial charge >= 0.3 is 0 Å². The highest BCUT2D eigenvalue weighted by Crippen LogP contribution is 2.31. The topological polar surface area (TPSA) is 20.2 Å². The van der Waals surface area contributed by atoms with Crippen LogP contribution in [0.1, 0.15) is 58.1 Å². The zero-order valence-corrected chi connectivity index (χ0v) is 16.8. The number of unbranched alkanes of at least 4 members (excludes halogenated alkanes) is 1. The third-order valence-electron chi connectivity index (χ3n) is 3.79. The van der Waals surface area contributed by atoms with Gasteiger partial charge in [0.25, 0.3) is 0 Å². The van der Waals surface area contributed by atoms with E-state index in [1.807, 2.05) is 0 Å². The van der Waals surface area contributed by atoms with Gasteiger partial charge in [0.2, 0.25) is 0 Å². The largest absolute Gasteiger partial charge is 0.396 e. The fourth-order valence-corrected chi connectivity index (χ4v) is 2.59. The van der Waals surface area contributed by atoms with E-state index in [4.69, 9.17) is 5.11 Å². The van der Waals surface area contributed by atoms with Gasteiger partial charge in [-0.05, 0) is 41.5 Å². The van der Waals surface area contributed by atoms with Gasteiger partial charge in [0.05, 0.1) is 0 Å². The van der Waals surface area contributed by atoms with Gasteiger partial charge in [0.15, 0.2) is 0 Å². The maximum atomic E-state index is 8.82. The van der Waals surface area contributed by atoms with Crippen LogP contribution >= 0.6 is 9.24 Å². The molecule has 1 nitrogen and oxygen atoms in total. The summed E-state index contributed by atoms with van der Waals surface area (Å²) in [5.41, 5.74) is 5.19. The van der Waals surface area contributed by atoms with Crippen LogP contribution in [0.4, 0.5) is 0 Å². The van der Waals surface area contributed by atoms with Gasteiger partial charge in [-0.3, -0.25) is 0 Å². The first-order valence-electron chi connectivity index (χ1n) is 9.02. The Morgan fingerprint density at radius 1 is 0.833 bits per heavy atom. The summed E-state index contributed by atoms with van der Waals surface area (Å²) in [5, 5.41) is 8.94. The molecule has 2 rings (SSSR count). The fraction of sp³-hybridized carbons (Fsp3) is 0.455. The molecule has 0 aromatic heterocycles. The van der Waals surface area contributed by atoms with Crippen molar-refractivity contribution >= 4 is 9.24 Å². The van der Waals surface area contributed by atoms with Gasteiger partial charge in [-0.2, -0.15) is 0 Å². The first kappa shape index (κ1) is 20.9. The Hall–Kier alpha value is -1.17. The summed E-state index contributed by atoms with van der Waals surface area (Å²) in [4.78, 5) is 0.